The minimum absolute atomic E-state index is 0.317. The van der Waals surface area contributed by atoms with Gasteiger partial charge in [0.05, 0.1) is 50.6 Å². The van der Waals surface area contributed by atoms with Gasteiger partial charge in [-0.2, -0.15) is 0 Å². The fraction of sp³-hybridized carbons (Fsp3) is 0.375. The van der Waals surface area contributed by atoms with Crippen molar-refractivity contribution in [2.45, 2.75) is 0 Å². The highest BCUT2D eigenvalue weighted by molar-refractivity contribution is 5.74. The third-order valence-corrected chi connectivity index (χ3v) is 18.5. The van der Waals surface area contributed by atoms with Crippen LogP contribution in [0, 0.1) is 0 Å². The Bertz CT molecular complexity index is 6280. The molecule has 592 valence electrons. The van der Waals surface area contributed by atoms with E-state index in [1.807, 2.05) is 0 Å². The molecule has 0 unspecified atom stereocenters. The molecule has 0 spiro atoms. The van der Waals surface area contributed by atoms with E-state index in [-0.39, 0.29) is 90.0 Å². The number of aromatic nitrogens is 32. The Morgan fingerprint density at radius 3 is 0.304 bits per heavy atom. The Morgan fingerprint density at radius 2 is 0.223 bits per heavy atom. The van der Waals surface area contributed by atoms with Crippen LogP contribution >= 0.6 is 0 Å². The molecule has 16 aromatic rings. The van der Waals surface area contributed by atoms with E-state index >= 15 is 0 Å². The fourth-order valence-corrected chi connectivity index (χ4v) is 11.8. The quantitative estimate of drug-likeness (QED) is 0.136. The van der Waals surface area contributed by atoms with Crippen molar-refractivity contribution < 1.29 is 0 Å². The molecule has 0 bridgehead atoms. The van der Waals surface area contributed by atoms with Gasteiger partial charge in [-0.25, -0.2) is 78.2 Å². The lowest BCUT2D eigenvalue weighted by Gasteiger charge is -2.02. The minimum atomic E-state index is -0.360. The third kappa shape index (κ3) is 13.6. The van der Waals surface area contributed by atoms with Gasteiger partial charge in [0.25, 0.3) is 44.5 Å². The summed E-state index contributed by atoms with van der Waals surface area (Å²) in [5, 5.41) is 0. The molecule has 0 aliphatic carbocycles. The summed E-state index contributed by atoms with van der Waals surface area (Å²) in [6, 6.07) is 0. The summed E-state index contributed by atoms with van der Waals surface area (Å²) in [6.07, 6.45) is 12.2. The van der Waals surface area contributed by atoms with Crippen LogP contribution in [-0.4, -0.2) is 149 Å². The average molecular weight is 1550 g/mol. The number of fused-ring (bicyclic) bond motifs is 8. The van der Waals surface area contributed by atoms with E-state index in [1.165, 1.54) is 144 Å². The average Bonchev–Trinajstić information content (AvgIpc) is 1.64. The number of aryl methyl sites for hydroxylation is 16. The van der Waals surface area contributed by atoms with Crippen LogP contribution in [0.3, 0.4) is 0 Å². The molecule has 16 rings (SSSR count). The monoisotopic (exact) mass is 1550 g/mol. The van der Waals surface area contributed by atoms with Crippen LogP contribution in [0.25, 0.3) is 89.3 Å². The first-order valence-electron chi connectivity index (χ1n) is 32.9. The molecule has 0 N–H and O–H groups in total. The van der Waals surface area contributed by atoms with Crippen LogP contribution in [-0.2, 0) is 169 Å². The van der Waals surface area contributed by atoms with Gasteiger partial charge >= 0.3 is 45.5 Å². The second kappa shape index (κ2) is 30.5. The van der Waals surface area contributed by atoms with E-state index in [9.17, 15) is 76.7 Å². The second-order valence-electron chi connectivity index (χ2n) is 25.9. The lowest BCUT2D eigenvalue weighted by molar-refractivity contribution is 0.705. The number of nitrogens with zero attached hydrogens (tertiary/aromatic N) is 32. The van der Waals surface area contributed by atoms with Gasteiger partial charge in [0.15, 0.2) is 89.3 Å². The maximum Gasteiger partial charge on any atom is 0.332 e. The summed E-state index contributed by atoms with van der Waals surface area (Å²) < 4.78 is 32.3. The normalized spacial score (nSPS) is 11.1. The van der Waals surface area contributed by atoms with Crippen LogP contribution in [0.5, 0.6) is 0 Å². The van der Waals surface area contributed by atoms with Crippen molar-refractivity contribution in [3.05, 3.63) is 217 Å². The maximum absolute atomic E-state index is 11.7. The molecule has 0 aromatic carbocycles. The molecule has 0 atom stereocenters. The summed E-state index contributed by atoms with van der Waals surface area (Å²) >= 11 is 0. The van der Waals surface area contributed by atoms with Crippen LogP contribution in [0.15, 0.2) is 127 Å². The van der Waals surface area contributed by atoms with Crippen molar-refractivity contribution >= 4 is 89.3 Å². The molecule has 0 radical (unpaired) electrons. The molecule has 0 aliphatic heterocycles. The summed E-state index contributed by atoms with van der Waals surface area (Å²) in [5.74, 6) is 0. The van der Waals surface area contributed by atoms with Crippen LogP contribution in [0.4, 0.5) is 0 Å². The van der Waals surface area contributed by atoms with Gasteiger partial charge in [-0.3, -0.25) is 111 Å². The number of hydrogen-bond donors (Lipinski definition) is 0. The smallest absolute Gasteiger partial charge is 0.328 e. The third-order valence-electron chi connectivity index (χ3n) is 18.5. The summed E-state index contributed by atoms with van der Waals surface area (Å²) in [5.41, 5.74) is 1.44. The Balaban J connectivity index is 0.000000147. The molecule has 16 aromatic heterocycles. The highest BCUT2D eigenvalue weighted by Gasteiger charge is 2.19. The minimum Gasteiger partial charge on any atom is -0.328 e. The molecule has 48 heteroatoms. The first-order chi connectivity index (χ1) is 52.3. The zero-order valence-electron chi connectivity index (χ0n) is 65.5. The van der Waals surface area contributed by atoms with E-state index < -0.39 is 0 Å². The summed E-state index contributed by atoms with van der Waals surface area (Å²) in [4.78, 5) is 217. The molecule has 48 nitrogen and oxygen atoms in total. The highest BCUT2D eigenvalue weighted by atomic mass is 16.2. The molecule has 16 heterocycles. The van der Waals surface area contributed by atoms with Crippen molar-refractivity contribution in [2.75, 3.05) is 0 Å². The van der Waals surface area contributed by atoms with E-state index in [1.54, 1.807) is 149 Å². The second-order valence-corrected chi connectivity index (χ2v) is 25.9. The first kappa shape index (κ1) is 81.3. The van der Waals surface area contributed by atoms with Gasteiger partial charge in [-0.15, -0.1) is 0 Å². The molecular formula is C64H80N32O16. The first-order valence-corrected chi connectivity index (χ1v) is 32.9. The fourth-order valence-electron chi connectivity index (χ4n) is 11.8. The maximum atomic E-state index is 11.7. The van der Waals surface area contributed by atoms with Crippen molar-refractivity contribution in [2.24, 2.45) is 169 Å². The van der Waals surface area contributed by atoms with Gasteiger partial charge in [-0.1, -0.05) is 0 Å². The Hall–Kier alpha value is -14.8. The highest BCUT2D eigenvalue weighted by Crippen LogP contribution is 2.08. The van der Waals surface area contributed by atoms with Gasteiger partial charge < -0.3 is 36.5 Å². The zero-order valence-corrected chi connectivity index (χ0v) is 65.5. The van der Waals surface area contributed by atoms with Crippen molar-refractivity contribution in [3.63, 3.8) is 0 Å². The molecule has 0 saturated heterocycles. The standard InChI is InChI=1S/8C8H10N4O2/c8*1-10-4-9-6-5(10)7(13)12(3)8(14)11(6)2/h8*4H,1-3H3. The van der Waals surface area contributed by atoms with Gasteiger partial charge in [0.1, 0.15) is 0 Å². The van der Waals surface area contributed by atoms with Gasteiger partial charge in [-0.05, 0) is 0 Å². The van der Waals surface area contributed by atoms with Gasteiger partial charge in [0, 0.05) is 169 Å². The number of imidazole rings is 8. The van der Waals surface area contributed by atoms with Crippen LogP contribution < -0.4 is 90.0 Å². The molecule has 112 heavy (non-hydrogen) atoms. The topological polar surface area (TPSA) is 495 Å². The summed E-state index contributed by atoms with van der Waals surface area (Å²) in [6.45, 7) is 0. The Kier molecular flexibility index (Phi) is 22.1. The Labute approximate surface area is 623 Å². The van der Waals surface area contributed by atoms with Crippen LogP contribution in [0.2, 0.25) is 0 Å². The molecule has 0 saturated carbocycles. The summed E-state index contributed by atoms with van der Waals surface area (Å²) in [7, 11) is 38.2. The van der Waals surface area contributed by atoms with Crippen molar-refractivity contribution in [1.82, 2.24) is 149 Å². The number of rotatable bonds is 0. The molecule has 0 amide bonds. The van der Waals surface area contributed by atoms with Gasteiger partial charge in [0.2, 0.25) is 0 Å². The van der Waals surface area contributed by atoms with E-state index in [2.05, 4.69) is 39.9 Å². The van der Waals surface area contributed by atoms with Crippen molar-refractivity contribution in [3.8, 4) is 0 Å². The van der Waals surface area contributed by atoms with Crippen molar-refractivity contribution in [1.29, 1.82) is 0 Å². The van der Waals surface area contributed by atoms with E-state index in [4.69, 9.17) is 0 Å². The molecule has 0 aliphatic rings. The van der Waals surface area contributed by atoms with Crippen LogP contribution in [0.1, 0.15) is 0 Å². The Morgan fingerprint density at radius 1 is 0.143 bits per heavy atom. The number of hydrogen-bond acceptors (Lipinski definition) is 24. The predicted octanol–water partition coefficient (Wildman–Crippen LogP) is -8.23. The largest absolute Gasteiger partial charge is 0.332 e. The van der Waals surface area contributed by atoms with E-state index in [0.29, 0.717) is 89.3 Å². The molecular weight excluding hydrogens is 1470 g/mol. The lowest BCUT2D eigenvalue weighted by Crippen LogP contribution is -2.37. The lowest BCUT2D eigenvalue weighted by atomic mass is 10.5. The molecule has 0 fully saturated rings. The zero-order chi connectivity index (χ0) is 83.6. The SMILES string of the molecule is Cn1c(=O)c2c(ncn2C)n(C)c1=O.Cn1c(=O)c2c(ncn2C)n(C)c1=O.Cn1c(=O)c2c(ncn2C)n(C)c1=O.Cn1c(=O)c2c(ncn2C)n(C)c1=O.Cn1c(=O)c2c(ncn2C)n(C)c1=O.Cn1c(=O)c2c(ncn2C)n(C)c1=O.Cn1c(=O)c2c(ncn2C)n(C)c1=O.Cn1c(=O)c2c(ncn2C)n(C)c1=O. The van der Waals surface area contributed by atoms with E-state index in [0.717, 1.165) is 36.5 Å². The predicted molar refractivity (Wildman–Crippen MR) is 410 cm³/mol.